The molecule has 0 saturated heterocycles. The van der Waals surface area contributed by atoms with Crippen LogP contribution in [0.2, 0.25) is 0 Å². The van der Waals surface area contributed by atoms with Crippen molar-refractivity contribution >= 4 is 29.3 Å². The molecular weight excluding hydrogens is 498 g/mol. The smallest absolute Gasteiger partial charge is 0.326 e. The summed E-state index contributed by atoms with van der Waals surface area (Å²) < 4.78 is 1.66. The van der Waals surface area contributed by atoms with Gasteiger partial charge in [0.05, 0.1) is 12.2 Å². The molecule has 1 fully saturated rings. The van der Waals surface area contributed by atoms with E-state index in [9.17, 15) is 14.7 Å². The second-order valence-electron chi connectivity index (χ2n) is 9.30. The van der Waals surface area contributed by atoms with Gasteiger partial charge in [0.15, 0.2) is 11.1 Å². The molecule has 5 N–H and O–H groups in total. The molecule has 1 aromatic carbocycles. The second-order valence-corrected chi connectivity index (χ2v) is 9.30. The molecule has 4 aromatic heterocycles. The maximum Gasteiger partial charge on any atom is 0.326 e. The molecule has 5 aromatic rings. The van der Waals surface area contributed by atoms with Gasteiger partial charge in [-0.1, -0.05) is 24.3 Å². The van der Waals surface area contributed by atoms with Gasteiger partial charge in [-0.2, -0.15) is 9.61 Å². The molecule has 1 amide bonds. The van der Waals surface area contributed by atoms with Gasteiger partial charge >= 0.3 is 5.69 Å². The molecule has 6 rings (SSSR count). The molecule has 0 unspecified atom stereocenters. The Hall–Kier alpha value is -5.26. The van der Waals surface area contributed by atoms with Crippen molar-refractivity contribution in [3.8, 4) is 17.0 Å². The number of aromatic hydroxyl groups is 1. The first-order chi connectivity index (χ1) is 18.9. The highest BCUT2D eigenvalue weighted by molar-refractivity contribution is 5.87. The zero-order chi connectivity index (χ0) is 26.9. The molecule has 1 saturated carbocycles. The van der Waals surface area contributed by atoms with Gasteiger partial charge in [-0.15, -0.1) is 0 Å². The van der Waals surface area contributed by atoms with Crippen molar-refractivity contribution in [3.63, 3.8) is 0 Å². The third-order valence-corrected chi connectivity index (χ3v) is 6.23. The van der Waals surface area contributed by atoms with Crippen molar-refractivity contribution in [3.05, 3.63) is 87.3 Å². The predicted molar refractivity (Wildman–Crippen MR) is 145 cm³/mol. The monoisotopic (exact) mass is 523 g/mol. The third kappa shape index (κ3) is 5.25. The van der Waals surface area contributed by atoms with Gasteiger partial charge < -0.3 is 20.7 Å². The Morgan fingerprint density at radius 2 is 2.03 bits per heavy atom. The van der Waals surface area contributed by atoms with Crippen LogP contribution in [0.5, 0.6) is 5.88 Å². The van der Waals surface area contributed by atoms with Crippen molar-refractivity contribution in [2.45, 2.75) is 32.4 Å². The van der Waals surface area contributed by atoms with E-state index in [1.807, 2.05) is 36.4 Å². The number of aromatic nitrogens is 6. The Balaban J connectivity index is 1.34. The van der Waals surface area contributed by atoms with Crippen LogP contribution in [0.4, 0.5) is 11.6 Å². The largest absolute Gasteiger partial charge is 0.493 e. The average molecular weight is 524 g/mol. The standard InChI is InChI=1S/C27H25N9O3/c1-15(37)31-22-9-6-17(13-28-22)20-5-3-2-4-16(20)12-29-23-11-24(32-19-7-8-19)36-25(34-23)18(14-30-36)10-21-26(38)35-27(39)33-21/h2-6,9-11,13-14,19,29,38H,7-8,12H2,1H3,(H,28,31,37)(H2,33,35,39)/b18-10-,32-24?. The summed E-state index contributed by atoms with van der Waals surface area (Å²) in [6.45, 7) is 1.93. The molecule has 0 radical (unpaired) electrons. The first-order valence-electron chi connectivity index (χ1n) is 12.4. The summed E-state index contributed by atoms with van der Waals surface area (Å²) in [5.41, 5.74) is 3.89. The summed E-state index contributed by atoms with van der Waals surface area (Å²) in [6.07, 6.45) is 7.03. The molecule has 12 heteroatoms. The van der Waals surface area contributed by atoms with Crippen molar-refractivity contribution < 1.29 is 9.90 Å². The molecule has 0 atom stereocenters. The maximum absolute atomic E-state index is 11.6. The number of carbonyl (C=O) groups excluding carboxylic acids is 1. The normalized spacial score (nSPS) is 14.2. The number of hydrogen-bond acceptors (Lipinski definition) is 8. The fraction of sp³-hybridized carbons (Fsp3) is 0.185. The van der Waals surface area contributed by atoms with E-state index < -0.39 is 5.69 Å². The molecular formula is C27H25N9O3. The highest BCUT2D eigenvalue weighted by Crippen LogP contribution is 2.25. The fourth-order valence-corrected chi connectivity index (χ4v) is 4.24. The van der Waals surface area contributed by atoms with Crippen LogP contribution in [0.3, 0.4) is 0 Å². The van der Waals surface area contributed by atoms with E-state index >= 15 is 0 Å². The Labute approximate surface area is 221 Å². The summed E-state index contributed by atoms with van der Waals surface area (Å²) in [5, 5.41) is 21.2. The van der Waals surface area contributed by atoms with Gasteiger partial charge in [-0.05, 0) is 42.2 Å². The van der Waals surface area contributed by atoms with Crippen LogP contribution in [0.1, 0.15) is 31.0 Å². The van der Waals surface area contributed by atoms with E-state index in [-0.39, 0.29) is 23.5 Å². The molecule has 0 spiro atoms. The molecule has 4 heterocycles. The highest BCUT2D eigenvalue weighted by atomic mass is 16.3. The molecule has 0 aliphatic heterocycles. The van der Waals surface area contributed by atoms with E-state index in [1.54, 1.807) is 29.1 Å². The van der Waals surface area contributed by atoms with Crippen LogP contribution in [0, 0.1) is 0 Å². The van der Waals surface area contributed by atoms with Gasteiger partial charge in [0.2, 0.25) is 11.8 Å². The van der Waals surface area contributed by atoms with Gasteiger partial charge in [0, 0.05) is 36.5 Å². The van der Waals surface area contributed by atoms with E-state index in [0.717, 1.165) is 29.5 Å². The van der Waals surface area contributed by atoms with Crippen LogP contribution in [0.15, 0.2) is 64.6 Å². The number of fused-ring (bicyclic) bond motifs is 1. The number of amides is 1. The first kappa shape index (κ1) is 24.1. The average Bonchev–Trinajstić information content (AvgIpc) is 3.55. The van der Waals surface area contributed by atoms with Crippen LogP contribution < -0.4 is 27.0 Å². The van der Waals surface area contributed by atoms with E-state index in [4.69, 9.17) is 9.98 Å². The lowest BCUT2D eigenvalue weighted by molar-refractivity contribution is -0.114. The van der Waals surface area contributed by atoms with Crippen molar-refractivity contribution in [1.82, 2.24) is 29.5 Å². The minimum absolute atomic E-state index is 0.172. The predicted octanol–water partition coefficient (Wildman–Crippen LogP) is 1.69. The molecule has 1 aliphatic carbocycles. The lowest BCUT2D eigenvalue weighted by Gasteiger charge is -2.12. The Kier molecular flexibility index (Phi) is 6.11. The first-order valence-corrected chi connectivity index (χ1v) is 12.4. The zero-order valence-corrected chi connectivity index (χ0v) is 21.0. The third-order valence-electron chi connectivity index (χ3n) is 6.23. The van der Waals surface area contributed by atoms with E-state index in [1.165, 1.54) is 6.92 Å². The number of rotatable bonds is 7. The summed E-state index contributed by atoms with van der Waals surface area (Å²) in [6, 6.07) is 13.8. The molecule has 12 nitrogen and oxygen atoms in total. The van der Waals surface area contributed by atoms with Gasteiger partial charge in [0.1, 0.15) is 17.3 Å². The molecule has 39 heavy (non-hydrogen) atoms. The number of hydrogen-bond donors (Lipinski definition) is 5. The number of aromatic amines is 2. The summed E-state index contributed by atoms with van der Waals surface area (Å²) >= 11 is 0. The highest BCUT2D eigenvalue weighted by Gasteiger charge is 2.20. The van der Waals surface area contributed by atoms with Crippen molar-refractivity contribution in [1.29, 1.82) is 0 Å². The number of imidazole rings is 1. The number of nitrogens with one attached hydrogen (secondary N) is 4. The number of H-pyrrole nitrogens is 2. The van der Waals surface area contributed by atoms with Crippen molar-refractivity contribution in [2.75, 3.05) is 10.6 Å². The van der Waals surface area contributed by atoms with Gasteiger partial charge in [-0.3, -0.25) is 14.8 Å². The Morgan fingerprint density at radius 1 is 1.18 bits per heavy atom. The topological polar surface area (TPSA) is 165 Å². The number of pyridine rings is 1. The second kappa shape index (κ2) is 9.89. The SMILES string of the molecule is CC(=O)Nc1ccc(-c2ccccc2CNc2cc(=NC3CC3)n3nc/c(=C/c4[nH]c(=O)[nH]c4O)c3n2)cn1. The van der Waals surface area contributed by atoms with Gasteiger partial charge in [0.25, 0.3) is 0 Å². The quantitative estimate of drug-likeness (QED) is 0.216. The number of carbonyl (C=O) groups is 1. The molecule has 1 aliphatic rings. The Morgan fingerprint density at radius 3 is 2.74 bits per heavy atom. The summed E-state index contributed by atoms with van der Waals surface area (Å²) in [4.78, 5) is 41.7. The number of nitrogens with zero attached hydrogens (tertiary/aromatic N) is 5. The zero-order valence-electron chi connectivity index (χ0n) is 21.0. The number of benzene rings is 1. The van der Waals surface area contributed by atoms with E-state index in [2.05, 4.69) is 30.7 Å². The van der Waals surface area contributed by atoms with Crippen LogP contribution in [-0.4, -0.2) is 46.6 Å². The fourth-order valence-electron chi connectivity index (χ4n) is 4.24. The lowest BCUT2D eigenvalue weighted by atomic mass is 10.0. The van der Waals surface area contributed by atoms with Crippen LogP contribution >= 0.6 is 0 Å². The van der Waals surface area contributed by atoms with E-state index in [0.29, 0.717) is 34.5 Å². The van der Waals surface area contributed by atoms with Crippen molar-refractivity contribution in [2.24, 2.45) is 4.99 Å². The maximum atomic E-state index is 11.6. The summed E-state index contributed by atoms with van der Waals surface area (Å²) in [5.74, 6) is 0.677. The Bertz CT molecular complexity index is 1870. The van der Waals surface area contributed by atoms with Crippen LogP contribution in [0.25, 0.3) is 22.9 Å². The van der Waals surface area contributed by atoms with Gasteiger partial charge in [-0.25, -0.2) is 14.8 Å². The van der Waals surface area contributed by atoms with Crippen LogP contribution in [-0.2, 0) is 11.3 Å². The molecule has 0 bridgehead atoms. The number of anilines is 2. The molecule has 196 valence electrons. The minimum atomic E-state index is -0.506. The lowest BCUT2D eigenvalue weighted by Crippen LogP contribution is -2.20. The minimum Gasteiger partial charge on any atom is -0.493 e. The summed E-state index contributed by atoms with van der Waals surface area (Å²) in [7, 11) is 0.